The molecule has 0 bridgehead atoms. The van der Waals surface area contributed by atoms with Crippen LogP contribution in [0.15, 0.2) is 176 Å². The molecule has 0 N–H and O–H groups in total. The predicted octanol–water partition coefficient (Wildman–Crippen LogP) is 13.2. The largest absolute Gasteiger partial charge is 0.309 e. The summed E-state index contributed by atoms with van der Waals surface area (Å²) in [6, 6.07) is 65.1. The van der Waals surface area contributed by atoms with Gasteiger partial charge in [-0.15, -0.1) is 0 Å². The number of benzene rings is 9. The number of aromatic nitrogens is 1. The Labute approximate surface area is 283 Å². The van der Waals surface area contributed by atoms with Crippen LogP contribution in [-0.4, -0.2) is 4.57 Å². The molecule has 1 heteroatoms. The lowest BCUT2D eigenvalue weighted by molar-refractivity contribution is 1.20. The molecule has 11 rings (SSSR count). The van der Waals surface area contributed by atoms with Crippen LogP contribution in [0, 0.1) is 0 Å². The second kappa shape index (κ2) is 10.0. The first-order valence-electron chi connectivity index (χ1n) is 17.0. The maximum atomic E-state index is 2.45. The molecule has 10 aromatic rings. The number of fused-ring (bicyclic) bond motifs is 11. The second-order valence-corrected chi connectivity index (χ2v) is 13.2. The minimum atomic E-state index is 1.20. The maximum absolute atomic E-state index is 2.45. The Balaban J connectivity index is 1.29. The Morgan fingerprint density at radius 2 is 0.694 bits per heavy atom. The summed E-state index contributed by atoms with van der Waals surface area (Å²) in [5, 5.41) is 10.2. The van der Waals surface area contributed by atoms with E-state index in [2.05, 4.69) is 180 Å². The molecular weight excluding hydrogens is 591 g/mol. The molecule has 0 unspecified atom stereocenters. The van der Waals surface area contributed by atoms with Gasteiger partial charge in [0.05, 0.1) is 16.7 Å². The van der Waals surface area contributed by atoms with Gasteiger partial charge in [-0.2, -0.15) is 0 Å². The highest BCUT2D eigenvalue weighted by atomic mass is 15.0. The van der Waals surface area contributed by atoms with Gasteiger partial charge in [-0.1, -0.05) is 158 Å². The molecule has 1 aliphatic rings. The molecule has 226 valence electrons. The fourth-order valence-electron chi connectivity index (χ4n) is 8.79. The number of rotatable bonds is 2. The molecule has 1 aromatic heterocycles. The lowest BCUT2D eigenvalue weighted by atomic mass is 9.83. The topological polar surface area (TPSA) is 4.93 Å². The average molecular weight is 620 g/mol. The Morgan fingerprint density at radius 3 is 1.37 bits per heavy atom. The van der Waals surface area contributed by atoms with E-state index in [1.807, 2.05) is 0 Å². The van der Waals surface area contributed by atoms with E-state index in [-0.39, 0.29) is 0 Å². The van der Waals surface area contributed by atoms with Gasteiger partial charge in [0.15, 0.2) is 0 Å². The fourth-order valence-corrected chi connectivity index (χ4v) is 8.79. The van der Waals surface area contributed by atoms with E-state index in [4.69, 9.17) is 0 Å². The highest BCUT2D eigenvalue weighted by Gasteiger charge is 2.26. The third-order valence-electron chi connectivity index (χ3n) is 10.7. The summed E-state index contributed by atoms with van der Waals surface area (Å²) in [4.78, 5) is 0. The van der Waals surface area contributed by atoms with Crippen molar-refractivity contribution < 1.29 is 0 Å². The number of nitrogens with zero attached hydrogens (tertiary/aromatic N) is 1. The highest BCUT2D eigenvalue weighted by Crippen LogP contribution is 2.53. The molecule has 0 amide bonds. The van der Waals surface area contributed by atoms with Gasteiger partial charge in [0.25, 0.3) is 0 Å². The lowest BCUT2D eigenvalue weighted by Gasteiger charge is -2.21. The van der Waals surface area contributed by atoms with Crippen LogP contribution in [0.2, 0.25) is 0 Å². The van der Waals surface area contributed by atoms with Crippen molar-refractivity contribution in [3.8, 4) is 50.2 Å². The average Bonchev–Trinajstić information content (AvgIpc) is 3.44. The molecule has 0 aliphatic heterocycles. The standard InChI is InChI=1S/C48H29N/c1-2-15-32-30(14-1)31-16-4-6-21-37(31)47-40-23-8-7-22-39(40)46(42-25-13-24-38(32)48(42)47)41-28-29-45(34-18-5-3-17-33(34)41)49-43-26-11-9-19-35(43)36-20-10-12-27-44(36)49/h1-29H. The molecule has 0 fully saturated rings. The molecular formula is C48H29N. The summed E-state index contributed by atoms with van der Waals surface area (Å²) in [5.41, 5.74) is 14.0. The van der Waals surface area contributed by atoms with Crippen LogP contribution in [0.3, 0.4) is 0 Å². The zero-order chi connectivity index (χ0) is 32.1. The van der Waals surface area contributed by atoms with Gasteiger partial charge in [-0.05, 0) is 89.6 Å². The van der Waals surface area contributed by atoms with Crippen LogP contribution in [0.5, 0.6) is 0 Å². The van der Waals surface area contributed by atoms with Crippen molar-refractivity contribution in [1.82, 2.24) is 4.57 Å². The first-order chi connectivity index (χ1) is 24.4. The van der Waals surface area contributed by atoms with E-state index in [0.717, 1.165) is 0 Å². The maximum Gasteiger partial charge on any atom is 0.0541 e. The van der Waals surface area contributed by atoms with Gasteiger partial charge in [-0.25, -0.2) is 0 Å². The van der Waals surface area contributed by atoms with Gasteiger partial charge >= 0.3 is 0 Å². The van der Waals surface area contributed by atoms with Crippen LogP contribution in [0.4, 0.5) is 0 Å². The van der Waals surface area contributed by atoms with Crippen molar-refractivity contribution in [3.63, 3.8) is 0 Å². The summed E-state index contributed by atoms with van der Waals surface area (Å²) in [6.45, 7) is 0. The van der Waals surface area contributed by atoms with Crippen LogP contribution in [0.1, 0.15) is 0 Å². The molecule has 9 aromatic carbocycles. The van der Waals surface area contributed by atoms with Crippen LogP contribution < -0.4 is 0 Å². The zero-order valence-electron chi connectivity index (χ0n) is 26.7. The minimum Gasteiger partial charge on any atom is -0.309 e. The fraction of sp³-hybridized carbons (Fsp3) is 0. The number of para-hydroxylation sites is 2. The van der Waals surface area contributed by atoms with Gasteiger partial charge in [0, 0.05) is 16.2 Å². The smallest absolute Gasteiger partial charge is 0.0541 e. The molecule has 1 heterocycles. The van der Waals surface area contributed by atoms with E-state index < -0.39 is 0 Å². The first-order valence-corrected chi connectivity index (χ1v) is 17.0. The van der Waals surface area contributed by atoms with Gasteiger partial charge < -0.3 is 4.57 Å². The van der Waals surface area contributed by atoms with Gasteiger partial charge in [0.2, 0.25) is 0 Å². The Bertz CT molecular complexity index is 2940. The summed E-state index contributed by atoms with van der Waals surface area (Å²) >= 11 is 0. The van der Waals surface area contributed by atoms with Gasteiger partial charge in [-0.3, -0.25) is 0 Å². The van der Waals surface area contributed by atoms with E-state index >= 15 is 0 Å². The van der Waals surface area contributed by atoms with E-state index in [1.165, 1.54) is 104 Å². The van der Waals surface area contributed by atoms with Crippen molar-refractivity contribution in [2.75, 3.05) is 0 Å². The molecule has 0 saturated heterocycles. The van der Waals surface area contributed by atoms with Crippen LogP contribution in [-0.2, 0) is 0 Å². The zero-order valence-corrected chi connectivity index (χ0v) is 26.7. The Hall–Kier alpha value is -6.44. The highest BCUT2D eigenvalue weighted by molar-refractivity contribution is 6.29. The monoisotopic (exact) mass is 619 g/mol. The number of hydrogen-bond acceptors (Lipinski definition) is 0. The van der Waals surface area contributed by atoms with Crippen molar-refractivity contribution in [3.05, 3.63) is 176 Å². The molecule has 0 atom stereocenters. The van der Waals surface area contributed by atoms with Crippen molar-refractivity contribution in [2.24, 2.45) is 0 Å². The first kappa shape index (κ1) is 26.6. The normalized spacial score (nSPS) is 12.1. The molecule has 1 aliphatic carbocycles. The van der Waals surface area contributed by atoms with Gasteiger partial charge in [0.1, 0.15) is 0 Å². The summed E-state index contributed by atoms with van der Waals surface area (Å²) in [5.74, 6) is 0. The Kier molecular flexibility index (Phi) is 5.45. The molecule has 0 spiro atoms. The lowest BCUT2D eigenvalue weighted by Crippen LogP contribution is -1.97. The van der Waals surface area contributed by atoms with Crippen LogP contribution >= 0.6 is 0 Å². The third kappa shape index (κ3) is 3.59. The Morgan fingerprint density at radius 1 is 0.245 bits per heavy atom. The van der Waals surface area contributed by atoms with E-state index in [9.17, 15) is 0 Å². The quantitative estimate of drug-likeness (QED) is 0.170. The van der Waals surface area contributed by atoms with E-state index in [1.54, 1.807) is 0 Å². The SMILES string of the molecule is c1ccc2c(c1)-c1ccccc1-c1c3ccccc3c(-c3ccc(-n4c5ccccc5c5ccccc54)c4ccccc34)c3cccc-2c13. The molecule has 1 nitrogen and oxygen atoms in total. The third-order valence-corrected chi connectivity index (χ3v) is 10.7. The predicted molar refractivity (Wildman–Crippen MR) is 209 cm³/mol. The second-order valence-electron chi connectivity index (χ2n) is 13.2. The molecule has 49 heavy (non-hydrogen) atoms. The van der Waals surface area contributed by atoms with Crippen LogP contribution in [0.25, 0.3) is 104 Å². The molecule has 0 saturated carbocycles. The molecule has 0 radical (unpaired) electrons. The van der Waals surface area contributed by atoms with Crippen molar-refractivity contribution >= 4 is 54.1 Å². The summed E-state index contributed by atoms with van der Waals surface area (Å²) in [7, 11) is 0. The number of hydrogen-bond donors (Lipinski definition) is 0. The minimum absolute atomic E-state index is 1.20. The summed E-state index contributed by atoms with van der Waals surface area (Å²) in [6.07, 6.45) is 0. The van der Waals surface area contributed by atoms with E-state index in [0.29, 0.717) is 0 Å². The summed E-state index contributed by atoms with van der Waals surface area (Å²) < 4.78 is 2.45. The van der Waals surface area contributed by atoms with Crippen molar-refractivity contribution in [1.29, 1.82) is 0 Å². The van der Waals surface area contributed by atoms with Crippen molar-refractivity contribution in [2.45, 2.75) is 0 Å².